The van der Waals surface area contributed by atoms with Gasteiger partial charge in [0.15, 0.2) is 0 Å². The zero-order chi connectivity index (χ0) is 28.3. The average Bonchev–Trinajstić information content (AvgIpc) is 2.96. The van der Waals surface area contributed by atoms with Crippen molar-refractivity contribution in [1.29, 1.82) is 0 Å². The molecule has 207 valence electrons. The second-order valence-corrected chi connectivity index (χ2v) is 9.02. The fourth-order valence-corrected chi connectivity index (χ4v) is 3.77. The molecule has 0 unspecified atom stereocenters. The predicted octanol–water partition coefficient (Wildman–Crippen LogP) is 3.08. The molecule has 0 aromatic heterocycles. The topological polar surface area (TPSA) is 152 Å². The number of amides is 3. The summed E-state index contributed by atoms with van der Waals surface area (Å²) in [5, 5.41) is 11.5. The van der Waals surface area contributed by atoms with Gasteiger partial charge in [-0.15, -0.1) is 0 Å². The van der Waals surface area contributed by atoms with Gasteiger partial charge in [0.25, 0.3) is 11.8 Å². The summed E-state index contributed by atoms with van der Waals surface area (Å²) in [5.74, 6) is -1.24. The van der Waals surface area contributed by atoms with E-state index in [1.165, 1.54) is 24.3 Å². The standard InChI is InChI=1S/C28H37BN5O5/c29-34-39-28(38)24-15-13-23(14-16-24)27(37)33-20-8-4-3-7-19-32-26(36)22-11-9-21(10-12-22)25(35)31-18-6-2-1-5-17-30/h9-16H,1-8,17-20,30H2,(H,31,35)(H,32,36)(H,33,37). The van der Waals surface area contributed by atoms with Crippen LogP contribution in [0.5, 0.6) is 0 Å². The number of nitrogens with one attached hydrogen (secondary N) is 3. The van der Waals surface area contributed by atoms with Crippen molar-refractivity contribution in [3.63, 3.8) is 0 Å². The SMILES string of the molecule is [B]=NOC(=O)c1ccc(C(=O)NCCCCCCNC(=O)c2ccc(C(=O)NCCCCCCN)cc2)cc1. The van der Waals surface area contributed by atoms with Gasteiger partial charge in [0, 0.05) is 24.2 Å². The zero-order valence-corrected chi connectivity index (χ0v) is 22.2. The fraction of sp³-hybridized carbons (Fsp3) is 0.429. The van der Waals surface area contributed by atoms with Crippen LogP contribution in [0.3, 0.4) is 0 Å². The van der Waals surface area contributed by atoms with Crippen LogP contribution in [-0.4, -0.2) is 57.5 Å². The van der Waals surface area contributed by atoms with Crippen LogP contribution in [0.15, 0.2) is 53.6 Å². The van der Waals surface area contributed by atoms with Gasteiger partial charge in [-0.25, -0.2) is 0 Å². The second kappa shape index (κ2) is 18.4. The monoisotopic (exact) mass is 534 g/mol. The van der Waals surface area contributed by atoms with Crippen LogP contribution in [-0.2, 0) is 4.84 Å². The van der Waals surface area contributed by atoms with E-state index in [0.717, 1.165) is 51.4 Å². The number of benzene rings is 2. The number of nitrogens with two attached hydrogens (primary N) is 1. The van der Waals surface area contributed by atoms with Gasteiger partial charge in [0.2, 0.25) is 0 Å². The summed E-state index contributed by atoms with van der Waals surface area (Å²) in [6.07, 6.45) is 7.47. The molecule has 3 amide bonds. The first kappa shape index (κ1) is 31.4. The molecule has 0 aliphatic heterocycles. The maximum atomic E-state index is 12.4. The molecule has 39 heavy (non-hydrogen) atoms. The Balaban J connectivity index is 1.55. The second-order valence-electron chi connectivity index (χ2n) is 9.02. The normalized spacial score (nSPS) is 10.4. The number of nitrogens with zero attached hydrogens (tertiary/aromatic N) is 1. The van der Waals surface area contributed by atoms with Crippen molar-refractivity contribution in [2.45, 2.75) is 51.4 Å². The molecule has 0 saturated heterocycles. The molecular formula is C28H37BN5O5. The molecule has 0 fully saturated rings. The Hall–Kier alpha value is -3.86. The Bertz CT molecular complexity index is 1080. The van der Waals surface area contributed by atoms with E-state index >= 15 is 0 Å². The van der Waals surface area contributed by atoms with Crippen LogP contribution in [0.1, 0.15) is 92.8 Å². The molecule has 0 heterocycles. The van der Waals surface area contributed by atoms with Crippen molar-refractivity contribution in [2.24, 2.45) is 10.8 Å². The van der Waals surface area contributed by atoms with Gasteiger partial charge in [-0.05, 0) is 50.1 Å². The molecule has 0 bridgehead atoms. The number of unbranched alkanes of at least 4 members (excludes halogenated alkanes) is 6. The first-order valence-corrected chi connectivity index (χ1v) is 13.3. The van der Waals surface area contributed by atoms with Gasteiger partial charge < -0.3 is 16.4 Å². The van der Waals surface area contributed by atoms with E-state index < -0.39 is 5.97 Å². The fourth-order valence-electron chi connectivity index (χ4n) is 3.77. The van der Waals surface area contributed by atoms with Crippen LogP contribution in [0, 0.1) is 0 Å². The van der Waals surface area contributed by atoms with Crippen LogP contribution in [0.4, 0.5) is 0 Å². The van der Waals surface area contributed by atoms with E-state index in [0.29, 0.717) is 42.9 Å². The molecule has 1 radical (unpaired) electrons. The van der Waals surface area contributed by atoms with Gasteiger partial charge in [-0.1, -0.05) is 19.3 Å². The third-order valence-corrected chi connectivity index (χ3v) is 6.02. The first-order chi connectivity index (χ1) is 19.0. The number of rotatable bonds is 18. The molecule has 0 spiro atoms. The summed E-state index contributed by atoms with van der Waals surface area (Å²) in [7, 11) is 4.81. The van der Waals surface area contributed by atoms with Crippen molar-refractivity contribution in [2.75, 3.05) is 26.2 Å². The summed E-state index contributed by atoms with van der Waals surface area (Å²) in [5.41, 5.74) is 7.19. The third kappa shape index (κ3) is 12.0. The molecule has 2 rings (SSSR count). The van der Waals surface area contributed by atoms with Gasteiger partial charge in [0.1, 0.15) is 0 Å². The molecule has 10 nitrogen and oxygen atoms in total. The molecule has 5 N–H and O–H groups in total. The quantitative estimate of drug-likeness (QED) is 0.131. The number of hydrogen-bond acceptors (Lipinski definition) is 7. The van der Waals surface area contributed by atoms with Crippen molar-refractivity contribution in [3.8, 4) is 0 Å². The molecule has 11 heteroatoms. The van der Waals surface area contributed by atoms with E-state index in [1.807, 2.05) is 0 Å². The maximum absolute atomic E-state index is 12.4. The van der Waals surface area contributed by atoms with Crippen LogP contribution >= 0.6 is 0 Å². The van der Waals surface area contributed by atoms with E-state index in [2.05, 4.69) is 25.8 Å². The minimum absolute atomic E-state index is 0.142. The van der Waals surface area contributed by atoms with Crippen LogP contribution in [0.2, 0.25) is 0 Å². The summed E-state index contributed by atoms with van der Waals surface area (Å²) < 4.78 is 0. The average molecular weight is 534 g/mol. The van der Waals surface area contributed by atoms with Crippen molar-refractivity contribution in [3.05, 3.63) is 70.8 Å². The molecule has 2 aromatic carbocycles. The van der Waals surface area contributed by atoms with Gasteiger partial charge in [0.05, 0.1) is 0 Å². The zero-order valence-electron chi connectivity index (χ0n) is 22.2. The summed E-state index contributed by atoms with van der Waals surface area (Å²) in [4.78, 5) is 52.6. The van der Waals surface area contributed by atoms with Gasteiger partial charge >= 0.3 is 99.1 Å². The number of carbonyl (C=O) groups is 4. The van der Waals surface area contributed by atoms with Crippen molar-refractivity contribution >= 4 is 31.3 Å². The Morgan fingerprint density at radius 2 is 0.923 bits per heavy atom. The summed E-state index contributed by atoms with van der Waals surface area (Å²) >= 11 is 0. The van der Waals surface area contributed by atoms with Crippen molar-refractivity contribution in [1.82, 2.24) is 16.0 Å². The van der Waals surface area contributed by atoms with Crippen molar-refractivity contribution < 1.29 is 24.0 Å². The summed E-state index contributed by atoms with van der Waals surface area (Å²) in [6, 6.07) is 12.6. The molecular weight excluding hydrogens is 497 g/mol. The molecule has 2 aromatic rings. The van der Waals surface area contributed by atoms with Gasteiger partial charge in [-0.2, -0.15) is 0 Å². The summed E-state index contributed by atoms with van der Waals surface area (Å²) in [6.45, 7) is 2.39. The Morgan fingerprint density at radius 3 is 1.26 bits per heavy atom. The number of carbonyl (C=O) groups excluding carboxylic acids is 4. The van der Waals surface area contributed by atoms with E-state index in [-0.39, 0.29) is 23.3 Å². The van der Waals surface area contributed by atoms with Crippen LogP contribution in [0.25, 0.3) is 0 Å². The Kier molecular flexibility index (Phi) is 14.8. The number of hydrogen-bond donors (Lipinski definition) is 4. The molecule has 0 aliphatic carbocycles. The minimum atomic E-state index is -0.695. The van der Waals surface area contributed by atoms with Crippen LogP contribution < -0.4 is 21.7 Å². The van der Waals surface area contributed by atoms with E-state index in [1.54, 1.807) is 24.3 Å². The molecule has 0 aliphatic rings. The van der Waals surface area contributed by atoms with E-state index in [4.69, 9.17) is 13.4 Å². The van der Waals surface area contributed by atoms with E-state index in [9.17, 15) is 19.2 Å². The predicted molar refractivity (Wildman–Crippen MR) is 149 cm³/mol. The molecule has 0 atom stereocenters. The Morgan fingerprint density at radius 1 is 0.590 bits per heavy atom. The molecule has 0 saturated carbocycles. The first-order valence-electron chi connectivity index (χ1n) is 13.3. The third-order valence-electron chi connectivity index (χ3n) is 6.02. The Labute approximate surface area is 230 Å². The van der Waals surface area contributed by atoms with Gasteiger partial charge in [-0.3, -0.25) is 9.59 Å².